The molecule has 1 aliphatic rings. The van der Waals surface area contributed by atoms with E-state index >= 15 is 0 Å². The number of nitrogens with zero attached hydrogens (tertiary/aromatic N) is 2. The zero-order valence-electron chi connectivity index (χ0n) is 11.6. The molecule has 21 heavy (non-hydrogen) atoms. The van der Waals surface area contributed by atoms with Gasteiger partial charge in [0.05, 0.1) is 13.2 Å². The molecule has 0 atom stereocenters. The van der Waals surface area contributed by atoms with E-state index < -0.39 is 11.8 Å². The van der Waals surface area contributed by atoms with E-state index in [1.54, 1.807) is 0 Å². The van der Waals surface area contributed by atoms with Crippen LogP contribution in [0.3, 0.4) is 0 Å². The standard InChI is InChI=1S/C13H17FN4O3/c1-16-13(19)18(17-15)11-3-2-9(14)8-12(11)21-10-4-6-20-7-5-10/h2-3,8,10,15H,4-7H2,1H3,(H,16,19). The number of benzene rings is 1. The SMILES string of the molecule is CNC(=O)N(N=N)c1ccc(F)cc1OC1CCOCC1. The van der Waals surface area contributed by atoms with Crippen molar-refractivity contribution in [3.8, 4) is 5.75 Å². The van der Waals surface area contributed by atoms with E-state index in [0.29, 0.717) is 26.1 Å². The number of anilines is 1. The second kappa shape index (κ2) is 6.98. The molecule has 1 saturated heterocycles. The Hall–Kier alpha value is -2.22. The number of amides is 2. The average molecular weight is 296 g/mol. The monoisotopic (exact) mass is 296 g/mol. The van der Waals surface area contributed by atoms with Crippen LogP contribution in [0, 0.1) is 11.3 Å². The lowest BCUT2D eigenvalue weighted by atomic mass is 10.1. The summed E-state index contributed by atoms with van der Waals surface area (Å²) in [6.07, 6.45) is 1.26. The summed E-state index contributed by atoms with van der Waals surface area (Å²) in [4.78, 5) is 11.7. The van der Waals surface area contributed by atoms with Gasteiger partial charge >= 0.3 is 6.03 Å². The number of urea groups is 1. The minimum absolute atomic E-state index is 0.114. The number of rotatable bonds is 4. The summed E-state index contributed by atoms with van der Waals surface area (Å²) in [6, 6.07) is 3.13. The molecule has 0 aliphatic carbocycles. The van der Waals surface area contributed by atoms with E-state index in [1.807, 2.05) is 0 Å². The third kappa shape index (κ3) is 3.66. The van der Waals surface area contributed by atoms with Crippen molar-refractivity contribution in [1.82, 2.24) is 5.32 Å². The van der Waals surface area contributed by atoms with Gasteiger partial charge in [0, 0.05) is 26.0 Å². The highest BCUT2D eigenvalue weighted by Gasteiger charge is 2.22. The number of nitrogens with one attached hydrogen (secondary N) is 2. The second-order valence-corrected chi connectivity index (χ2v) is 4.51. The molecular weight excluding hydrogens is 279 g/mol. The van der Waals surface area contributed by atoms with Gasteiger partial charge in [-0.1, -0.05) is 5.22 Å². The largest absolute Gasteiger partial charge is 0.488 e. The molecule has 2 amide bonds. The van der Waals surface area contributed by atoms with Gasteiger partial charge in [0.15, 0.2) is 0 Å². The Morgan fingerprint density at radius 1 is 1.52 bits per heavy atom. The molecule has 0 aromatic heterocycles. The molecule has 0 radical (unpaired) electrons. The molecule has 8 heteroatoms. The summed E-state index contributed by atoms with van der Waals surface area (Å²) in [5, 5.41) is 6.33. The van der Waals surface area contributed by atoms with Crippen LogP contribution >= 0.6 is 0 Å². The molecule has 1 aromatic carbocycles. The second-order valence-electron chi connectivity index (χ2n) is 4.51. The highest BCUT2D eigenvalue weighted by molar-refractivity contribution is 5.92. The Kier molecular flexibility index (Phi) is 5.04. The molecule has 1 fully saturated rings. The zero-order valence-corrected chi connectivity index (χ0v) is 11.6. The summed E-state index contributed by atoms with van der Waals surface area (Å²) in [5.74, 6) is -0.302. The Labute approximate surface area is 121 Å². The molecule has 2 rings (SSSR count). The molecule has 114 valence electrons. The minimum Gasteiger partial charge on any atom is -0.488 e. The Bertz CT molecular complexity index is 520. The van der Waals surface area contributed by atoms with E-state index in [4.69, 9.17) is 15.0 Å². The number of hydrogen-bond donors (Lipinski definition) is 2. The Balaban J connectivity index is 2.27. The van der Waals surface area contributed by atoms with Crippen molar-refractivity contribution in [3.63, 3.8) is 0 Å². The fourth-order valence-corrected chi connectivity index (χ4v) is 2.05. The van der Waals surface area contributed by atoms with Crippen LogP contribution in [0.15, 0.2) is 23.4 Å². The first-order valence-electron chi connectivity index (χ1n) is 6.59. The lowest BCUT2D eigenvalue weighted by Gasteiger charge is -2.25. The lowest BCUT2D eigenvalue weighted by molar-refractivity contribution is 0.0256. The summed E-state index contributed by atoms with van der Waals surface area (Å²) in [5.41, 5.74) is 7.34. The van der Waals surface area contributed by atoms with Crippen LogP contribution in [0.4, 0.5) is 14.9 Å². The van der Waals surface area contributed by atoms with Gasteiger partial charge < -0.3 is 14.8 Å². The van der Waals surface area contributed by atoms with Gasteiger partial charge in [-0.25, -0.2) is 9.18 Å². The molecular formula is C13H17FN4O3. The molecule has 1 aliphatic heterocycles. The molecule has 1 heterocycles. The van der Waals surface area contributed by atoms with Crippen molar-refractivity contribution in [2.24, 2.45) is 5.22 Å². The number of hydrogen-bond acceptors (Lipinski definition) is 5. The van der Waals surface area contributed by atoms with Crippen LogP contribution in [-0.2, 0) is 4.74 Å². The van der Waals surface area contributed by atoms with E-state index in [1.165, 1.54) is 25.2 Å². The number of halogens is 1. The maximum atomic E-state index is 13.5. The molecule has 0 spiro atoms. The normalized spacial score (nSPS) is 15.3. The quantitative estimate of drug-likeness (QED) is 0.661. The molecule has 7 nitrogen and oxygen atoms in total. The fourth-order valence-electron chi connectivity index (χ4n) is 2.05. The Morgan fingerprint density at radius 2 is 2.24 bits per heavy atom. The Morgan fingerprint density at radius 3 is 2.86 bits per heavy atom. The van der Waals surface area contributed by atoms with E-state index in [2.05, 4.69) is 10.5 Å². The smallest absolute Gasteiger partial charge is 0.343 e. The van der Waals surface area contributed by atoms with Crippen molar-refractivity contribution in [2.75, 3.05) is 25.3 Å². The van der Waals surface area contributed by atoms with Gasteiger partial charge in [-0.05, 0) is 12.1 Å². The third-order valence-electron chi connectivity index (χ3n) is 3.12. The van der Waals surface area contributed by atoms with Crippen LogP contribution in [0.5, 0.6) is 5.75 Å². The van der Waals surface area contributed by atoms with Gasteiger partial charge in [-0.15, -0.1) is 0 Å². The van der Waals surface area contributed by atoms with Crippen molar-refractivity contribution in [3.05, 3.63) is 24.0 Å². The summed E-state index contributed by atoms with van der Waals surface area (Å²) in [7, 11) is 1.42. The predicted octanol–water partition coefficient (Wildman–Crippen LogP) is 2.48. The number of carbonyl (C=O) groups excluding carboxylic acids is 1. The molecule has 0 saturated carbocycles. The number of ether oxygens (including phenoxy) is 2. The minimum atomic E-state index is -0.603. The fraction of sp³-hybridized carbons (Fsp3) is 0.462. The van der Waals surface area contributed by atoms with Crippen LogP contribution in [-0.4, -0.2) is 32.4 Å². The van der Waals surface area contributed by atoms with Crippen molar-refractivity contribution in [1.29, 1.82) is 5.53 Å². The number of carbonyl (C=O) groups is 1. The van der Waals surface area contributed by atoms with Gasteiger partial charge in [0.25, 0.3) is 0 Å². The van der Waals surface area contributed by atoms with E-state index in [0.717, 1.165) is 5.01 Å². The highest BCUT2D eigenvalue weighted by Crippen LogP contribution is 2.31. The van der Waals surface area contributed by atoms with Crippen LogP contribution < -0.4 is 15.1 Å². The molecule has 0 bridgehead atoms. The summed E-state index contributed by atoms with van der Waals surface area (Å²) >= 11 is 0. The van der Waals surface area contributed by atoms with Crippen LogP contribution in [0.25, 0.3) is 0 Å². The topological polar surface area (TPSA) is 87.0 Å². The van der Waals surface area contributed by atoms with Gasteiger partial charge in [-0.3, -0.25) is 0 Å². The predicted molar refractivity (Wildman–Crippen MR) is 73.0 cm³/mol. The maximum absolute atomic E-state index is 13.5. The zero-order chi connectivity index (χ0) is 15.2. The summed E-state index contributed by atoms with van der Waals surface area (Å²) in [6.45, 7) is 1.16. The first-order chi connectivity index (χ1) is 10.2. The molecule has 2 N–H and O–H groups in total. The third-order valence-corrected chi connectivity index (χ3v) is 3.12. The first kappa shape index (κ1) is 15.2. The van der Waals surface area contributed by atoms with Gasteiger partial charge in [0.2, 0.25) is 0 Å². The van der Waals surface area contributed by atoms with Crippen molar-refractivity contribution in [2.45, 2.75) is 18.9 Å². The molecule has 0 unspecified atom stereocenters. The van der Waals surface area contributed by atoms with Gasteiger partial charge in [-0.2, -0.15) is 10.5 Å². The van der Waals surface area contributed by atoms with Crippen molar-refractivity contribution < 1.29 is 18.7 Å². The average Bonchev–Trinajstić information content (AvgIpc) is 2.50. The van der Waals surface area contributed by atoms with Crippen LogP contribution in [0.1, 0.15) is 12.8 Å². The van der Waals surface area contributed by atoms with E-state index in [9.17, 15) is 9.18 Å². The lowest BCUT2D eigenvalue weighted by Crippen LogP contribution is -2.34. The molecule has 1 aromatic rings. The maximum Gasteiger partial charge on any atom is 0.343 e. The summed E-state index contributed by atoms with van der Waals surface area (Å²) < 4.78 is 24.4. The van der Waals surface area contributed by atoms with Crippen molar-refractivity contribution >= 4 is 11.7 Å². The highest BCUT2D eigenvalue weighted by atomic mass is 19.1. The first-order valence-corrected chi connectivity index (χ1v) is 6.59. The van der Waals surface area contributed by atoms with Gasteiger partial charge in [0.1, 0.15) is 23.4 Å². The van der Waals surface area contributed by atoms with E-state index in [-0.39, 0.29) is 17.5 Å². The van der Waals surface area contributed by atoms with Crippen LogP contribution in [0.2, 0.25) is 0 Å².